The van der Waals surface area contributed by atoms with E-state index in [1.165, 1.54) is 20.5 Å². The Labute approximate surface area is 178 Å². The molecule has 1 unspecified atom stereocenters. The molecule has 3 heteroatoms. The van der Waals surface area contributed by atoms with Crippen LogP contribution in [0.15, 0.2) is 126 Å². The van der Waals surface area contributed by atoms with Crippen LogP contribution >= 0.6 is 11.8 Å². The maximum atomic E-state index is 10.7. The van der Waals surface area contributed by atoms with Crippen LogP contribution in [0.3, 0.4) is 0 Å². The molecule has 0 aliphatic heterocycles. The first-order valence-corrected chi connectivity index (χ1v) is 12.8. The minimum Gasteiger partial charge on any atom is -0.395 e. The number of rotatable bonds is 7. The predicted molar refractivity (Wildman–Crippen MR) is 127 cm³/mol. The largest absolute Gasteiger partial charge is 0.395 e. The van der Waals surface area contributed by atoms with Gasteiger partial charge in [0.1, 0.15) is 0 Å². The smallest absolute Gasteiger partial charge is 0.163 e. The van der Waals surface area contributed by atoms with Gasteiger partial charge >= 0.3 is 0 Å². The summed E-state index contributed by atoms with van der Waals surface area (Å²) in [5, 5.41) is 14.7. The Balaban J connectivity index is 1.99. The lowest BCUT2D eigenvalue weighted by atomic mass is 10.3. The van der Waals surface area contributed by atoms with Gasteiger partial charge in [0.25, 0.3) is 0 Å². The third kappa shape index (κ3) is 3.94. The van der Waals surface area contributed by atoms with Gasteiger partial charge < -0.3 is 5.11 Å². The van der Waals surface area contributed by atoms with Crippen LogP contribution in [0.4, 0.5) is 0 Å². The zero-order valence-electron chi connectivity index (χ0n) is 16.2. The van der Waals surface area contributed by atoms with E-state index in [0.29, 0.717) is 0 Å². The Bertz CT molecular complexity index is 911. The van der Waals surface area contributed by atoms with Gasteiger partial charge in [-0.05, 0) is 27.7 Å². The summed E-state index contributed by atoms with van der Waals surface area (Å²) in [5.41, 5.74) is 0. The average molecular weight is 413 g/mol. The summed E-state index contributed by atoms with van der Waals surface area (Å²) in [4.78, 5) is 1.23. The van der Waals surface area contributed by atoms with E-state index in [2.05, 4.69) is 115 Å². The molecule has 1 N–H and O–H groups in total. The van der Waals surface area contributed by atoms with E-state index in [4.69, 9.17) is 0 Å². The van der Waals surface area contributed by atoms with Crippen molar-refractivity contribution in [2.45, 2.75) is 9.77 Å². The molecule has 0 aromatic heterocycles. The van der Waals surface area contributed by atoms with E-state index in [1.54, 1.807) is 11.8 Å². The van der Waals surface area contributed by atoms with Crippen molar-refractivity contribution in [2.24, 2.45) is 0 Å². The molecule has 0 radical (unpaired) electrons. The molecule has 4 aromatic carbocycles. The standard InChI is InChI=1S/C26H24OSSi/c27-21-26(28-22-13-5-1-6-14-22)29(23-15-7-2-8-16-23,24-17-9-3-10-18-24)25-19-11-4-12-20-25/h1-20,26-27H,21H2. The van der Waals surface area contributed by atoms with Gasteiger partial charge in [-0.25, -0.2) is 0 Å². The topological polar surface area (TPSA) is 20.2 Å². The quantitative estimate of drug-likeness (QED) is 0.283. The molecular formula is C26H24OSSi. The van der Waals surface area contributed by atoms with Gasteiger partial charge in [0.15, 0.2) is 8.07 Å². The van der Waals surface area contributed by atoms with E-state index in [9.17, 15) is 5.11 Å². The normalized spacial score (nSPS) is 12.4. The molecule has 0 aliphatic rings. The summed E-state index contributed by atoms with van der Waals surface area (Å²) < 4.78 is 0. The molecule has 0 heterocycles. The van der Waals surface area contributed by atoms with Crippen molar-refractivity contribution in [3.05, 3.63) is 121 Å². The van der Waals surface area contributed by atoms with Crippen LogP contribution in [0.25, 0.3) is 0 Å². The molecule has 29 heavy (non-hydrogen) atoms. The molecule has 4 rings (SSSR count). The monoisotopic (exact) mass is 412 g/mol. The summed E-state index contributed by atoms with van der Waals surface area (Å²) in [6.45, 7) is 0.116. The lowest BCUT2D eigenvalue weighted by Gasteiger charge is -2.39. The fourth-order valence-corrected chi connectivity index (χ4v) is 11.7. The molecule has 144 valence electrons. The summed E-state index contributed by atoms with van der Waals surface area (Å²) >= 11 is 1.79. The Morgan fingerprint density at radius 1 is 0.552 bits per heavy atom. The van der Waals surface area contributed by atoms with E-state index >= 15 is 0 Å². The van der Waals surface area contributed by atoms with E-state index in [-0.39, 0.29) is 11.5 Å². The SMILES string of the molecule is OCC(Sc1ccccc1)[Si](c1ccccc1)(c1ccccc1)c1ccccc1. The van der Waals surface area contributed by atoms with Gasteiger partial charge in [0.05, 0.1) is 6.61 Å². The maximum absolute atomic E-state index is 10.7. The Hall–Kier alpha value is -2.59. The van der Waals surface area contributed by atoms with Crippen LogP contribution in [0, 0.1) is 0 Å². The van der Waals surface area contributed by atoms with Crippen LogP contribution in [0.1, 0.15) is 0 Å². The van der Waals surface area contributed by atoms with Gasteiger partial charge in [-0.3, -0.25) is 0 Å². The molecule has 0 fully saturated rings. The maximum Gasteiger partial charge on any atom is 0.163 e. The summed E-state index contributed by atoms with van der Waals surface area (Å²) in [7, 11) is -2.52. The minimum absolute atomic E-state index is 0.0390. The van der Waals surface area contributed by atoms with Gasteiger partial charge in [-0.1, -0.05) is 109 Å². The van der Waals surface area contributed by atoms with Crippen molar-refractivity contribution in [3.63, 3.8) is 0 Å². The number of aliphatic hydroxyl groups is 1. The van der Waals surface area contributed by atoms with Crippen molar-refractivity contribution in [2.75, 3.05) is 6.61 Å². The number of aliphatic hydroxyl groups excluding tert-OH is 1. The molecule has 0 amide bonds. The second-order valence-electron chi connectivity index (χ2n) is 7.01. The highest BCUT2D eigenvalue weighted by Gasteiger charge is 2.46. The van der Waals surface area contributed by atoms with Gasteiger partial charge in [0, 0.05) is 9.77 Å². The molecule has 0 bridgehead atoms. The highest BCUT2D eigenvalue weighted by Crippen LogP contribution is 2.29. The van der Waals surface area contributed by atoms with Gasteiger partial charge in [0.2, 0.25) is 0 Å². The molecule has 4 aromatic rings. The van der Waals surface area contributed by atoms with Crippen molar-refractivity contribution >= 4 is 35.4 Å². The van der Waals surface area contributed by atoms with Crippen LogP contribution < -0.4 is 15.6 Å². The third-order valence-corrected chi connectivity index (χ3v) is 12.6. The number of hydrogen-bond acceptors (Lipinski definition) is 2. The molecule has 0 saturated carbocycles. The second-order valence-corrected chi connectivity index (χ2v) is 12.7. The highest BCUT2D eigenvalue weighted by atomic mass is 32.2. The predicted octanol–water partition coefficient (Wildman–Crippen LogP) is 3.85. The summed E-state index contributed by atoms with van der Waals surface area (Å²) in [6, 6.07) is 42.7. The molecule has 0 spiro atoms. The third-order valence-electron chi connectivity index (χ3n) is 5.36. The zero-order chi connectivity index (χ0) is 19.9. The van der Waals surface area contributed by atoms with Crippen molar-refractivity contribution in [1.29, 1.82) is 0 Å². The van der Waals surface area contributed by atoms with Gasteiger partial charge in [-0.2, -0.15) is 0 Å². The highest BCUT2D eigenvalue weighted by molar-refractivity contribution is 8.02. The van der Waals surface area contributed by atoms with Crippen LogP contribution in [0.2, 0.25) is 0 Å². The fourth-order valence-electron chi connectivity index (χ4n) is 4.09. The number of hydrogen-bond donors (Lipinski definition) is 1. The molecule has 0 saturated heterocycles. The minimum atomic E-state index is -2.52. The Kier molecular flexibility index (Phi) is 6.30. The van der Waals surface area contributed by atoms with Crippen molar-refractivity contribution in [1.82, 2.24) is 0 Å². The van der Waals surface area contributed by atoms with Crippen molar-refractivity contribution < 1.29 is 5.11 Å². The van der Waals surface area contributed by atoms with E-state index in [0.717, 1.165) is 0 Å². The van der Waals surface area contributed by atoms with E-state index in [1.807, 2.05) is 6.07 Å². The fraction of sp³-hybridized carbons (Fsp3) is 0.0769. The molecule has 1 nitrogen and oxygen atoms in total. The lowest BCUT2D eigenvalue weighted by Crippen LogP contribution is -2.74. The van der Waals surface area contributed by atoms with Crippen LogP contribution in [0.5, 0.6) is 0 Å². The van der Waals surface area contributed by atoms with Gasteiger partial charge in [-0.15, -0.1) is 11.8 Å². The van der Waals surface area contributed by atoms with E-state index < -0.39 is 8.07 Å². The molecule has 0 aliphatic carbocycles. The van der Waals surface area contributed by atoms with Crippen molar-refractivity contribution in [3.8, 4) is 0 Å². The first kappa shape index (κ1) is 19.7. The van der Waals surface area contributed by atoms with Crippen LogP contribution in [-0.2, 0) is 0 Å². The average Bonchev–Trinajstić information content (AvgIpc) is 2.82. The first-order chi connectivity index (χ1) is 14.4. The first-order valence-electron chi connectivity index (χ1n) is 9.85. The number of thioether (sulfide) groups is 1. The van der Waals surface area contributed by atoms with Crippen LogP contribution in [-0.4, -0.2) is 24.7 Å². The second kappa shape index (κ2) is 9.27. The molecular weight excluding hydrogens is 388 g/mol. The summed E-state index contributed by atoms with van der Waals surface area (Å²) in [5.74, 6) is 0. The lowest BCUT2D eigenvalue weighted by molar-refractivity contribution is 0.312. The molecule has 1 atom stereocenters. The zero-order valence-corrected chi connectivity index (χ0v) is 18.0. The Morgan fingerprint density at radius 3 is 1.24 bits per heavy atom. The summed E-state index contributed by atoms with van der Waals surface area (Å²) in [6.07, 6.45) is 0. The Morgan fingerprint density at radius 2 is 0.897 bits per heavy atom. The number of benzene rings is 4.